The zero-order chi connectivity index (χ0) is 13.1. The fourth-order valence-electron chi connectivity index (χ4n) is 1.62. The summed E-state index contributed by atoms with van der Waals surface area (Å²) in [6, 6.07) is 5.59. The van der Waals surface area contributed by atoms with Crippen LogP contribution in [0, 0.1) is 0 Å². The van der Waals surface area contributed by atoms with Gasteiger partial charge in [0.05, 0.1) is 29.7 Å². The number of benzene rings is 1. The number of aliphatic imine (C=N–C) groups is 1. The highest BCUT2D eigenvalue weighted by Gasteiger charge is 2.12. The zero-order valence-corrected chi connectivity index (χ0v) is 12.3. The molecule has 1 N–H and O–H groups in total. The fraction of sp³-hybridized carbons (Fsp3) is 0.273. The Morgan fingerprint density at radius 2 is 2.37 bits per heavy atom. The van der Waals surface area contributed by atoms with E-state index < -0.39 is 0 Å². The summed E-state index contributed by atoms with van der Waals surface area (Å²) in [6.45, 7) is 0.860. The van der Waals surface area contributed by atoms with Crippen molar-refractivity contribution in [3.05, 3.63) is 18.2 Å². The van der Waals surface area contributed by atoms with Gasteiger partial charge in [0.2, 0.25) is 5.91 Å². The van der Waals surface area contributed by atoms with E-state index in [9.17, 15) is 4.79 Å². The molecule has 0 bridgehead atoms. The van der Waals surface area contributed by atoms with Gasteiger partial charge in [-0.2, -0.15) is 8.75 Å². The largest absolute Gasteiger partial charge is 0.323 e. The van der Waals surface area contributed by atoms with E-state index in [2.05, 4.69) is 19.1 Å². The quantitative estimate of drug-likeness (QED) is 0.943. The number of nitrogens with zero attached hydrogens (tertiary/aromatic N) is 3. The normalized spacial score (nSPS) is 14.6. The molecule has 1 aliphatic rings. The van der Waals surface area contributed by atoms with Crippen LogP contribution in [0.4, 0.5) is 5.69 Å². The minimum absolute atomic E-state index is 0.0410. The van der Waals surface area contributed by atoms with Crippen LogP contribution in [-0.2, 0) is 4.79 Å². The van der Waals surface area contributed by atoms with Crippen molar-refractivity contribution in [2.45, 2.75) is 0 Å². The number of hydrogen-bond acceptors (Lipinski definition) is 7. The molecule has 3 rings (SSSR count). The molecule has 98 valence electrons. The summed E-state index contributed by atoms with van der Waals surface area (Å²) in [6.07, 6.45) is 0. The second kappa shape index (κ2) is 5.89. The Balaban J connectivity index is 1.64. The van der Waals surface area contributed by atoms with Gasteiger partial charge in [-0.05, 0) is 12.1 Å². The summed E-state index contributed by atoms with van der Waals surface area (Å²) < 4.78 is 9.34. The Labute approximate surface area is 122 Å². The van der Waals surface area contributed by atoms with Gasteiger partial charge in [-0.1, -0.05) is 29.6 Å². The van der Waals surface area contributed by atoms with Crippen LogP contribution in [-0.4, -0.2) is 37.1 Å². The molecule has 1 aromatic carbocycles. The summed E-state index contributed by atoms with van der Waals surface area (Å²) in [5, 5.41) is 2.88. The second-order valence-electron chi connectivity index (χ2n) is 3.77. The van der Waals surface area contributed by atoms with Crippen LogP contribution in [0.3, 0.4) is 0 Å². The number of amides is 1. The van der Waals surface area contributed by atoms with Gasteiger partial charge in [-0.15, -0.1) is 0 Å². The van der Waals surface area contributed by atoms with Gasteiger partial charge in [0, 0.05) is 5.75 Å². The van der Waals surface area contributed by atoms with Gasteiger partial charge in [0.25, 0.3) is 0 Å². The molecule has 0 unspecified atom stereocenters. The first-order chi connectivity index (χ1) is 9.33. The molecule has 0 saturated carbocycles. The van der Waals surface area contributed by atoms with Gasteiger partial charge in [-0.3, -0.25) is 9.79 Å². The van der Waals surface area contributed by atoms with Crippen LogP contribution in [0.2, 0.25) is 0 Å². The molecular formula is C11H10N4OS3. The van der Waals surface area contributed by atoms with E-state index in [-0.39, 0.29) is 5.91 Å². The van der Waals surface area contributed by atoms with E-state index in [0.29, 0.717) is 5.75 Å². The van der Waals surface area contributed by atoms with Crippen LogP contribution in [0.25, 0.3) is 11.0 Å². The van der Waals surface area contributed by atoms with Crippen molar-refractivity contribution in [2.24, 2.45) is 4.99 Å². The standard InChI is InChI=1S/C11H10N4OS3/c16-9(6-18-11-12-4-5-17-11)13-7-2-1-3-8-10(7)15-19-14-8/h1-3H,4-6H2,(H,13,16). The summed E-state index contributed by atoms with van der Waals surface area (Å²) in [5.41, 5.74) is 2.28. The molecule has 1 amide bonds. The molecule has 1 aromatic heterocycles. The monoisotopic (exact) mass is 310 g/mol. The summed E-state index contributed by atoms with van der Waals surface area (Å²) in [5.74, 6) is 1.36. The summed E-state index contributed by atoms with van der Waals surface area (Å²) in [4.78, 5) is 16.2. The number of aromatic nitrogens is 2. The zero-order valence-electron chi connectivity index (χ0n) is 9.83. The fourth-order valence-corrected chi connectivity index (χ4v) is 3.98. The molecule has 0 saturated heterocycles. The van der Waals surface area contributed by atoms with Crippen LogP contribution in [0.1, 0.15) is 0 Å². The maximum atomic E-state index is 11.9. The number of nitrogens with one attached hydrogen (secondary N) is 1. The third-order valence-corrected chi connectivity index (χ3v) is 5.24. The van der Waals surface area contributed by atoms with E-state index in [1.807, 2.05) is 18.2 Å². The maximum Gasteiger partial charge on any atom is 0.234 e. The highest BCUT2D eigenvalue weighted by atomic mass is 32.2. The summed E-state index contributed by atoms with van der Waals surface area (Å²) >= 11 is 4.34. The first kappa shape index (κ1) is 12.9. The Hall–Kier alpha value is -1.12. The van der Waals surface area contributed by atoms with Crippen molar-refractivity contribution >= 4 is 62.3 Å². The molecule has 0 fully saturated rings. The number of carbonyl (C=O) groups excluding carboxylic acids is 1. The van der Waals surface area contributed by atoms with Gasteiger partial charge < -0.3 is 5.32 Å². The predicted molar refractivity (Wildman–Crippen MR) is 83.3 cm³/mol. The number of hydrogen-bond donors (Lipinski definition) is 1. The van der Waals surface area contributed by atoms with Crippen molar-refractivity contribution in [3.63, 3.8) is 0 Å². The van der Waals surface area contributed by atoms with Gasteiger partial charge in [-0.25, -0.2) is 0 Å². The van der Waals surface area contributed by atoms with Crippen molar-refractivity contribution < 1.29 is 4.79 Å². The highest BCUT2D eigenvalue weighted by Crippen LogP contribution is 2.24. The van der Waals surface area contributed by atoms with E-state index in [1.165, 1.54) is 11.8 Å². The van der Waals surface area contributed by atoms with Crippen LogP contribution in [0.5, 0.6) is 0 Å². The van der Waals surface area contributed by atoms with Gasteiger partial charge in [0.15, 0.2) is 0 Å². The summed E-state index contributed by atoms with van der Waals surface area (Å²) in [7, 11) is 0. The van der Waals surface area contributed by atoms with Crippen molar-refractivity contribution in [3.8, 4) is 0 Å². The first-order valence-electron chi connectivity index (χ1n) is 5.64. The average molecular weight is 310 g/mol. The number of carbonyl (C=O) groups is 1. The number of rotatable bonds is 3. The molecule has 0 atom stereocenters. The molecule has 2 heterocycles. The Morgan fingerprint density at radius 1 is 1.42 bits per heavy atom. The topological polar surface area (TPSA) is 67.2 Å². The lowest BCUT2D eigenvalue weighted by Gasteiger charge is -2.05. The Bertz CT molecular complexity index is 640. The van der Waals surface area contributed by atoms with E-state index in [0.717, 1.165) is 45.1 Å². The van der Waals surface area contributed by atoms with Gasteiger partial charge >= 0.3 is 0 Å². The minimum atomic E-state index is -0.0410. The molecule has 0 aliphatic carbocycles. The molecule has 0 radical (unpaired) electrons. The van der Waals surface area contributed by atoms with E-state index >= 15 is 0 Å². The first-order valence-corrected chi connectivity index (χ1v) is 8.34. The number of fused-ring (bicyclic) bond motifs is 1. The molecule has 8 heteroatoms. The third-order valence-electron chi connectivity index (χ3n) is 2.44. The number of anilines is 1. The average Bonchev–Trinajstić information content (AvgIpc) is 3.08. The van der Waals surface area contributed by atoms with E-state index in [1.54, 1.807) is 11.8 Å². The lowest BCUT2D eigenvalue weighted by Crippen LogP contribution is -2.15. The molecule has 19 heavy (non-hydrogen) atoms. The lowest BCUT2D eigenvalue weighted by molar-refractivity contribution is -0.113. The minimum Gasteiger partial charge on any atom is -0.323 e. The molecular weight excluding hydrogens is 300 g/mol. The number of thioether (sulfide) groups is 2. The lowest BCUT2D eigenvalue weighted by atomic mass is 10.2. The Morgan fingerprint density at radius 3 is 3.21 bits per heavy atom. The van der Waals surface area contributed by atoms with Crippen LogP contribution in [0.15, 0.2) is 23.2 Å². The van der Waals surface area contributed by atoms with Crippen molar-refractivity contribution in [1.29, 1.82) is 0 Å². The third kappa shape index (κ3) is 3.07. The SMILES string of the molecule is O=C(CSC1=NCCS1)Nc1cccc2nsnc12. The Kier molecular flexibility index (Phi) is 4.00. The highest BCUT2D eigenvalue weighted by molar-refractivity contribution is 8.39. The van der Waals surface area contributed by atoms with Gasteiger partial charge in [0.1, 0.15) is 15.4 Å². The molecule has 1 aliphatic heterocycles. The van der Waals surface area contributed by atoms with Crippen LogP contribution >= 0.6 is 35.3 Å². The van der Waals surface area contributed by atoms with Crippen LogP contribution < -0.4 is 5.32 Å². The van der Waals surface area contributed by atoms with E-state index in [4.69, 9.17) is 0 Å². The van der Waals surface area contributed by atoms with Crippen molar-refractivity contribution in [1.82, 2.24) is 8.75 Å². The smallest absolute Gasteiger partial charge is 0.234 e. The molecule has 0 spiro atoms. The molecule has 2 aromatic rings. The predicted octanol–water partition coefficient (Wildman–Crippen LogP) is 2.47. The molecule has 5 nitrogen and oxygen atoms in total. The van der Waals surface area contributed by atoms with Crippen molar-refractivity contribution in [2.75, 3.05) is 23.4 Å². The maximum absolute atomic E-state index is 11.9. The second-order valence-corrected chi connectivity index (χ2v) is 6.61.